The lowest BCUT2D eigenvalue weighted by molar-refractivity contribution is 0.0697. The van der Waals surface area contributed by atoms with E-state index in [-0.39, 0.29) is 5.54 Å². The first-order valence-electron chi connectivity index (χ1n) is 8.05. The van der Waals surface area contributed by atoms with Crippen LogP contribution in [0.1, 0.15) is 68.5 Å². The molecule has 0 saturated heterocycles. The van der Waals surface area contributed by atoms with E-state index in [1.807, 2.05) is 11.3 Å². The standard InChI is InChI=1S/C17H28N2S/c1-11-10-16(4,5)8-9-17(11,19-14-6-7-14)15-18-12(2)13(3)20-15/h11,14,19H,6-10H2,1-5H3. The van der Waals surface area contributed by atoms with Crippen LogP contribution in [0.3, 0.4) is 0 Å². The minimum absolute atomic E-state index is 0.139. The third kappa shape index (κ3) is 2.55. The van der Waals surface area contributed by atoms with Crippen molar-refractivity contribution >= 4 is 11.3 Å². The van der Waals surface area contributed by atoms with E-state index in [4.69, 9.17) is 4.98 Å². The van der Waals surface area contributed by atoms with Gasteiger partial charge in [-0.05, 0) is 57.3 Å². The first-order valence-corrected chi connectivity index (χ1v) is 8.86. The molecule has 0 aromatic carbocycles. The van der Waals surface area contributed by atoms with Crippen molar-refractivity contribution in [2.24, 2.45) is 11.3 Å². The molecule has 3 heteroatoms. The van der Waals surface area contributed by atoms with Crippen molar-refractivity contribution < 1.29 is 0 Å². The highest BCUT2D eigenvalue weighted by Gasteiger charge is 2.49. The maximum absolute atomic E-state index is 4.94. The Bertz CT molecular complexity index is 482. The van der Waals surface area contributed by atoms with Crippen molar-refractivity contribution in [2.75, 3.05) is 0 Å². The number of hydrogen-bond acceptors (Lipinski definition) is 3. The number of nitrogens with zero attached hydrogens (tertiary/aromatic N) is 1. The second-order valence-electron chi connectivity index (χ2n) is 7.82. The van der Waals surface area contributed by atoms with E-state index in [0.29, 0.717) is 11.3 Å². The summed E-state index contributed by atoms with van der Waals surface area (Å²) in [5, 5.41) is 5.35. The van der Waals surface area contributed by atoms with Gasteiger partial charge in [0, 0.05) is 10.9 Å². The zero-order valence-corrected chi connectivity index (χ0v) is 14.4. The number of thiazole rings is 1. The summed E-state index contributed by atoms with van der Waals surface area (Å²) < 4.78 is 0. The molecule has 2 atom stereocenters. The number of aryl methyl sites for hydroxylation is 2. The van der Waals surface area contributed by atoms with Gasteiger partial charge in [0.1, 0.15) is 5.01 Å². The maximum atomic E-state index is 4.94. The third-order valence-electron chi connectivity index (χ3n) is 5.35. The molecule has 20 heavy (non-hydrogen) atoms. The number of aromatic nitrogens is 1. The van der Waals surface area contributed by atoms with Gasteiger partial charge in [0.25, 0.3) is 0 Å². The molecule has 0 aliphatic heterocycles. The number of rotatable bonds is 3. The Labute approximate surface area is 127 Å². The smallest absolute Gasteiger partial charge is 0.114 e. The van der Waals surface area contributed by atoms with E-state index in [1.54, 1.807) is 0 Å². The van der Waals surface area contributed by atoms with Gasteiger partial charge in [-0.15, -0.1) is 11.3 Å². The summed E-state index contributed by atoms with van der Waals surface area (Å²) in [5.74, 6) is 0.664. The second-order valence-corrected chi connectivity index (χ2v) is 9.02. The van der Waals surface area contributed by atoms with Crippen LogP contribution in [-0.2, 0) is 5.54 Å². The van der Waals surface area contributed by atoms with Gasteiger partial charge in [-0.3, -0.25) is 0 Å². The minimum atomic E-state index is 0.139. The normalized spacial score (nSPS) is 33.4. The molecule has 1 heterocycles. The van der Waals surface area contributed by atoms with Crippen molar-refractivity contribution in [2.45, 2.75) is 78.3 Å². The van der Waals surface area contributed by atoms with E-state index in [0.717, 1.165) is 6.04 Å². The summed E-state index contributed by atoms with van der Waals surface area (Å²) in [6.45, 7) is 11.6. The lowest BCUT2D eigenvalue weighted by atomic mass is 9.64. The summed E-state index contributed by atoms with van der Waals surface area (Å²) in [4.78, 5) is 6.32. The SMILES string of the molecule is Cc1nc(C2(NC3CC3)CCC(C)(C)CC2C)sc1C. The van der Waals surface area contributed by atoms with Crippen molar-refractivity contribution in [3.05, 3.63) is 15.6 Å². The molecule has 2 saturated carbocycles. The van der Waals surface area contributed by atoms with Crippen LogP contribution >= 0.6 is 11.3 Å². The molecule has 0 amide bonds. The molecular formula is C17H28N2S. The Kier molecular flexibility index (Phi) is 3.49. The summed E-state index contributed by atoms with van der Waals surface area (Å²) in [6.07, 6.45) is 6.53. The molecule has 112 valence electrons. The molecule has 1 aromatic rings. The van der Waals surface area contributed by atoms with Crippen LogP contribution in [0.25, 0.3) is 0 Å². The predicted octanol–water partition coefficient (Wildman–Crippen LogP) is 4.55. The molecule has 2 aliphatic rings. The Morgan fingerprint density at radius 1 is 1.20 bits per heavy atom. The molecule has 0 bridgehead atoms. The van der Waals surface area contributed by atoms with Crippen molar-refractivity contribution in [1.82, 2.24) is 10.3 Å². The highest BCUT2D eigenvalue weighted by Crippen LogP contribution is 2.50. The van der Waals surface area contributed by atoms with Gasteiger partial charge in [-0.2, -0.15) is 0 Å². The molecule has 3 rings (SSSR count). The molecule has 2 fully saturated rings. The molecule has 1 N–H and O–H groups in total. The van der Waals surface area contributed by atoms with Gasteiger partial charge in [-0.25, -0.2) is 4.98 Å². The minimum Gasteiger partial charge on any atom is -0.302 e. The molecule has 0 spiro atoms. The zero-order valence-electron chi connectivity index (χ0n) is 13.5. The first kappa shape index (κ1) is 14.5. The van der Waals surface area contributed by atoms with Gasteiger partial charge in [-0.1, -0.05) is 20.8 Å². The number of nitrogens with one attached hydrogen (secondary N) is 1. The fraction of sp³-hybridized carbons (Fsp3) is 0.824. The third-order valence-corrected chi connectivity index (χ3v) is 6.60. The van der Waals surface area contributed by atoms with Gasteiger partial charge in [0.15, 0.2) is 0 Å². The largest absolute Gasteiger partial charge is 0.302 e. The van der Waals surface area contributed by atoms with Gasteiger partial charge < -0.3 is 5.32 Å². The summed E-state index contributed by atoms with van der Waals surface area (Å²) >= 11 is 1.92. The number of hydrogen-bond donors (Lipinski definition) is 1. The summed E-state index contributed by atoms with van der Waals surface area (Å²) in [6, 6.07) is 0.739. The monoisotopic (exact) mass is 292 g/mol. The van der Waals surface area contributed by atoms with Crippen molar-refractivity contribution in [3.8, 4) is 0 Å². The molecule has 1 aromatic heterocycles. The summed E-state index contributed by atoms with van der Waals surface area (Å²) in [5.41, 5.74) is 1.84. The Morgan fingerprint density at radius 3 is 2.40 bits per heavy atom. The molecule has 2 aliphatic carbocycles. The van der Waals surface area contributed by atoms with Crippen molar-refractivity contribution in [3.63, 3.8) is 0 Å². The Balaban J connectivity index is 1.96. The van der Waals surface area contributed by atoms with Crippen LogP contribution in [-0.4, -0.2) is 11.0 Å². The lowest BCUT2D eigenvalue weighted by Crippen LogP contribution is -2.52. The Hall–Kier alpha value is -0.410. The highest BCUT2D eigenvalue weighted by atomic mass is 32.1. The topological polar surface area (TPSA) is 24.9 Å². The van der Waals surface area contributed by atoms with Crippen molar-refractivity contribution in [1.29, 1.82) is 0 Å². The zero-order chi connectivity index (χ0) is 14.5. The maximum Gasteiger partial charge on any atom is 0.114 e. The molecular weight excluding hydrogens is 264 g/mol. The first-order chi connectivity index (χ1) is 9.32. The fourth-order valence-corrected chi connectivity index (χ4v) is 4.95. The Morgan fingerprint density at radius 2 is 1.90 bits per heavy atom. The predicted molar refractivity (Wildman–Crippen MR) is 86.2 cm³/mol. The van der Waals surface area contributed by atoms with Crippen LogP contribution in [0.4, 0.5) is 0 Å². The lowest BCUT2D eigenvalue weighted by Gasteiger charge is -2.48. The molecule has 2 nitrogen and oxygen atoms in total. The van der Waals surface area contributed by atoms with Gasteiger partial charge >= 0.3 is 0 Å². The molecule has 0 radical (unpaired) electrons. The van der Waals surface area contributed by atoms with Crippen LogP contribution in [0.2, 0.25) is 0 Å². The second kappa shape index (κ2) is 4.81. The highest BCUT2D eigenvalue weighted by molar-refractivity contribution is 7.11. The quantitative estimate of drug-likeness (QED) is 0.884. The van der Waals surface area contributed by atoms with Crippen LogP contribution in [0.5, 0.6) is 0 Å². The average Bonchev–Trinajstić information content (AvgIpc) is 3.09. The van der Waals surface area contributed by atoms with E-state index >= 15 is 0 Å². The van der Waals surface area contributed by atoms with E-state index in [9.17, 15) is 0 Å². The van der Waals surface area contributed by atoms with E-state index in [1.165, 1.54) is 47.7 Å². The fourth-order valence-electron chi connectivity index (χ4n) is 3.74. The van der Waals surface area contributed by atoms with Crippen LogP contribution < -0.4 is 5.32 Å². The van der Waals surface area contributed by atoms with Crippen LogP contribution in [0.15, 0.2) is 0 Å². The summed E-state index contributed by atoms with van der Waals surface area (Å²) in [7, 11) is 0. The van der Waals surface area contributed by atoms with Gasteiger partial charge in [0.2, 0.25) is 0 Å². The van der Waals surface area contributed by atoms with E-state index < -0.39 is 0 Å². The molecule has 2 unspecified atom stereocenters. The van der Waals surface area contributed by atoms with Gasteiger partial charge in [0.05, 0.1) is 11.2 Å². The van der Waals surface area contributed by atoms with Crippen LogP contribution in [0, 0.1) is 25.2 Å². The average molecular weight is 292 g/mol. The van der Waals surface area contributed by atoms with E-state index in [2.05, 4.69) is 39.9 Å².